The Hall–Kier alpha value is -1.55. The molecule has 24 heavy (non-hydrogen) atoms. The molecule has 128 valence electrons. The van der Waals surface area contributed by atoms with E-state index < -0.39 is 18.3 Å². The summed E-state index contributed by atoms with van der Waals surface area (Å²) >= 11 is 0. The van der Waals surface area contributed by atoms with E-state index in [4.69, 9.17) is 18.8 Å². The third-order valence-electron chi connectivity index (χ3n) is 5.04. The zero-order valence-electron chi connectivity index (χ0n) is 14.8. The van der Waals surface area contributed by atoms with Gasteiger partial charge in [-0.25, -0.2) is 0 Å². The lowest BCUT2D eigenvalue weighted by Gasteiger charge is -2.32. The van der Waals surface area contributed by atoms with Crippen molar-refractivity contribution < 1.29 is 18.8 Å². The summed E-state index contributed by atoms with van der Waals surface area (Å²) in [5, 5.41) is 9.30. The fraction of sp³-hybridized carbons (Fsp3) is 0.611. The third kappa shape index (κ3) is 3.44. The second-order valence-electron chi connectivity index (χ2n) is 7.44. The van der Waals surface area contributed by atoms with E-state index in [1.165, 1.54) is 0 Å². The Morgan fingerprint density at radius 1 is 1.21 bits per heavy atom. The Morgan fingerprint density at radius 3 is 2.50 bits per heavy atom. The third-order valence-corrected chi connectivity index (χ3v) is 5.04. The largest absolute Gasteiger partial charge is 0.495 e. The van der Waals surface area contributed by atoms with Gasteiger partial charge in [-0.3, -0.25) is 0 Å². The van der Waals surface area contributed by atoms with Crippen LogP contribution in [-0.2, 0) is 14.0 Å². The number of nitriles is 1. The maximum absolute atomic E-state index is 9.30. The lowest BCUT2D eigenvalue weighted by Crippen LogP contribution is -2.41. The van der Waals surface area contributed by atoms with Crippen molar-refractivity contribution in [2.75, 3.05) is 13.2 Å². The number of ether oxygens (including phenoxy) is 2. The van der Waals surface area contributed by atoms with Crippen LogP contribution in [0.3, 0.4) is 0 Å². The molecule has 2 aliphatic rings. The van der Waals surface area contributed by atoms with Gasteiger partial charge in [0.1, 0.15) is 12.4 Å². The van der Waals surface area contributed by atoms with Crippen molar-refractivity contribution in [1.82, 2.24) is 0 Å². The lowest BCUT2D eigenvalue weighted by atomic mass is 9.78. The Balaban J connectivity index is 1.78. The van der Waals surface area contributed by atoms with Gasteiger partial charge in [0, 0.05) is 6.61 Å². The van der Waals surface area contributed by atoms with E-state index in [-0.39, 0.29) is 6.10 Å². The van der Waals surface area contributed by atoms with Crippen molar-refractivity contribution in [3.05, 3.63) is 23.8 Å². The Morgan fingerprint density at radius 2 is 1.92 bits per heavy atom. The van der Waals surface area contributed by atoms with Gasteiger partial charge in [0.15, 0.2) is 0 Å². The molecule has 2 saturated heterocycles. The van der Waals surface area contributed by atoms with E-state index in [9.17, 15) is 5.26 Å². The monoisotopic (exact) mass is 329 g/mol. The molecule has 2 heterocycles. The lowest BCUT2D eigenvalue weighted by molar-refractivity contribution is 0.00578. The van der Waals surface area contributed by atoms with Crippen molar-refractivity contribution in [3.63, 3.8) is 0 Å². The molecule has 0 N–H and O–H groups in total. The molecule has 0 amide bonds. The van der Waals surface area contributed by atoms with Crippen LogP contribution >= 0.6 is 0 Å². The summed E-state index contributed by atoms with van der Waals surface area (Å²) in [6.45, 7) is 9.33. The SMILES string of the molecule is CC1(C)OB(c2cc(C#N)cc(OC[C@H]3CCCO3)c2)OC1(C)C. The minimum absolute atomic E-state index is 0.135. The molecule has 0 radical (unpaired) electrons. The maximum atomic E-state index is 9.30. The van der Waals surface area contributed by atoms with Crippen molar-refractivity contribution in [2.45, 2.75) is 57.8 Å². The topological polar surface area (TPSA) is 60.7 Å². The molecule has 5 nitrogen and oxygen atoms in total. The summed E-state index contributed by atoms with van der Waals surface area (Å²) in [5.41, 5.74) is 0.498. The van der Waals surface area contributed by atoms with Gasteiger partial charge in [-0.15, -0.1) is 0 Å². The van der Waals surface area contributed by atoms with Crippen LogP contribution in [0.15, 0.2) is 18.2 Å². The first kappa shape index (κ1) is 17.3. The van der Waals surface area contributed by atoms with Crippen LogP contribution in [0.25, 0.3) is 0 Å². The van der Waals surface area contributed by atoms with E-state index >= 15 is 0 Å². The summed E-state index contributed by atoms with van der Waals surface area (Å²) in [6, 6.07) is 7.60. The predicted octanol–water partition coefficient (Wildman–Crippen LogP) is 2.42. The number of hydrogen-bond acceptors (Lipinski definition) is 5. The summed E-state index contributed by atoms with van der Waals surface area (Å²) in [7, 11) is -0.506. The standard InChI is InChI=1S/C18H24BNO4/c1-17(2)18(3,4)24-19(23-17)14-8-13(11-20)9-16(10-14)22-12-15-6-5-7-21-15/h8-10,15H,5-7,12H2,1-4H3/t15-/m1/s1. The van der Waals surface area contributed by atoms with Gasteiger partial charge in [-0.1, -0.05) is 0 Å². The normalized spacial score (nSPS) is 24.8. The minimum atomic E-state index is -0.506. The van der Waals surface area contributed by atoms with Crippen LogP contribution in [0, 0.1) is 11.3 Å². The molecule has 1 aromatic carbocycles. The van der Waals surface area contributed by atoms with E-state index in [1.807, 2.05) is 33.8 Å². The number of hydrogen-bond donors (Lipinski definition) is 0. The Labute approximate surface area is 144 Å². The average Bonchev–Trinajstić information content (AvgIpc) is 3.11. The molecule has 6 heteroatoms. The van der Waals surface area contributed by atoms with Crippen molar-refractivity contribution in [3.8, 4) is 11.8 Å². The first-order chi connectivity index (χ1) is 11.3. The molecule has 0 bridgehead atoms. The summed E-state index contributed by atoms with van der Waals surface area (Å²) in [5.74, 6) is 0.647. The second kappa shape index (κ2) is 6.40. The van der Waals surface area contributed by atoms with Gasteiger partial charge in [-0.05, 0) is 64.2 Å². The number of benzene rings is 1. The van der Waals surface area contributed by atoms with Crippen LogP contribution in [-0.4, -0.2) is 37.6 Å². The van der Waals surface area contributed by atoms with Gasteiger partial charge in [-0.2, -0.15) is 5.26 Å². The van der Waals surface area contributed by atoms with Gasteiger partial charge in [0.25, 0.3) is 0 Å². The highest BCUT2D eigenvalue weighted by Gasteiger charge is 2.51. The smallest absolute Gasteiger partial charge is 0.491 e. The highest BCUT2D eigenvalue weighted by Crippen LogP contribution is 2.36. The summed E-state index contributed by atoms with van der Waals surface area (Å²) in [4.78, 5) is 0. The fourth-order valence-corrected chi connectivity index (χ4v) is 2.85. The van der Waals surface area contributed by atoms with Crippen molar-refractivity contribution in [1.29, 1.82) is 5.26 Å². The van der Waals surface area contributed by atoms with E-state index in [1.54, 1.807) is 12.1 Å². The number of rotatable bonds is 4. The zero-order chi connectivity index (χ0) is 17.4. The van der Waals surface area contributed by atoms with Crippen molar-refractivity contribution >= 4 is 12.6 Å². The molecule has 0 saturated carbocycles. The Kier molecular flexibility index (Phi) is 4.61. The minimum Gasteiger partial charge on any atom is -0.491 e. The van der Waals surface area contributed by atoms with E-state index in [2.05, 4.69) is 6.07 Å². The fourth-order valence-electron chi connectivity index (χ4n) is 2.85. The zero-order valence-corrected chi connectivity index (χ0v) is 14.8. The quantitative estimate of drug-likeness (QED) is 0.794. The van der Waals surface area contributed by atoms with Gasteiger partial charge < -0.3 is 18.8 Å². The highest BCUT2D eigenvalue weighted by molar-refractivity contribution is 6.62. The van der Waals surface area contributed by atoms with Crippen LogP contribution in [0.1, 0.15) is 46.1 Å². The van der Waals surface area contributed by atoms with Crippen molar-refractivity contribution in [2.24, 2.45) is 0 Å². The van der Waals surface area contributed by atoms with Crippen LogP contribution in [0.2, 0.25) is 0 Å². The maximum Gasteiger partial charge on any atom is 0.495 e. The van der Waals surface area contributed by atoms with Crippen LogP contribution in [0.4, 0.5) is 0 Å². The second-order valence-corrected chi connectivity index (χ2v) is 7.44. The summed E-state index contributed by atoms with van der Waals surface area (Å²) in [6.07, 6.45) is 2.23. The predicted molar refractivity (Wildman–Crippen MR) is 91.3 cm³/mol. The van der Waals surface area contributed by atoms with E-state index in [0.717, 1.165) is 24.9 Å². The molecule has 3 rings (SSSR count). The van der Waals surface area contributed by atoms with E-state index in [0.29, 0.717) is 17.9 Å². The van der Waals surface area contributed by atoms with Gasteiger partial charge >= 0.3 is 7.12 Å². The molecule has 0 unspecified atom stereocenters. The molecule has 0 aromatic heterocycles. The molecular formula is C18H24BNO4. The Bertz CT molecular complexity index is 631. The molecule has 1 aromatic rings. The molecule has 2 fully saturated rings. The molecule has 0 spiro atoms. The molecule has 0 aliphatic carbocycles. The molecular weight excluding hydrogens is 305 g/mol. The van der Waals surface area contributed by atoms with Crippen LogP contribution in [0.5, 0.6) is 5.75 Å². The first-order valence-electron chi connectivity index (χ1n) is 8.46. The number of nitrogens with zero attached hydrogens (tertiary/aromatic N) is 1. The molecule has 1 atom stereocenters. The average molecular weight is 329 g/mol. The highest BCUT2D eigenvalue weighted by atomic mass is 16.7. The van der Waals surface area contributed by atoms with Crippen LogP contribution < -0.4 is 10.2 Å². The van der Waals surface area contributed by atoms with Gasteiger partial charge in [0.05, 0.1) is 28.9 Å². The van der Waals surface area contributed by atoms with Gasteiger partial charge in [0.2, 0.25) is 0 Å². The molecule has 2 aliphatic heterocycles. The summed E-state index contributed by atoms with van der Waals surface area (Å²) < 4.78 is 23.6. The first-order valence-corrected chi connectivity index (χ1v) is 8.46.